The van der Waals surface area contributed by atoms with Gasteiger partial charge in [0.2, 0.25) is 11.0 Å². The second-order valence-electron chi connectivity index (χ2n) is 3.83. The first kappa shape index (κ1) is 14.2. The smallest absolute Gasteiger partial charge is 0.233 e. The summed E-state index contributed by atoms with van der Waals surface area (Å²) in [6, 6.07) is 0.164. The number of aromatic nitrogens is 2. The quantitative estimate of drug-likeness (QED) is 0.776. The van der Waals surface area contributed by atoms with Gasteiger partial charge in [0, 0.05) is 12.6 Å². The molecule has 0 saturated carbocycles. The van der Waals surface area contributed by atoms with Crippen LogP contribution in [0.25, 0.3) is 0 Å². The minimum atomic E-state index is -0.153. The molecule has 17 heavy (non-hydrogen) atoms. The minimum absolute atomic E-state index is 0.0326. The van der Waals surface area contributed by atoms with Gasteiger partial charge in [-0.05, 0) is 27.7 Å². The summed E-state index contributed by atoms with van der Waals surface area (Å²) in [4.78, 5) is 11.7. The van der Waals surface area contributed by atoms with Crippen LogP contribution in [0.2, 0.25) is 0 Å². The van der Waals surface area contributed by atoms with Crippen LogP contribution in [-0.4, -0.2) is 33.9 Å². The van der Waals surface area contributed by atoms with Crippen LogP contribution in [0.3, 0.4) is 0 Å². The number of hydrogen-bond donors (Lipinski definition) is 2. The summed E-state index contributed by atoms with van der Waals surface area (Å²) in [5, 5.41) is 14.6. The molecule has 7 heteroatoms. The molecule has 0 bridgehead atoms. The van der Waals surface area contributed by atoms with E-state index in [0.29, 0.717) is 0 Å². The fourth-order valence-electron chi connectivity index (χ4n) is 1.09. The van der Waals surface area contributed by atoms with Gasteiger partial charge in [0.05, 0.1) is 5.25 Å². The van der Waals surface area contributed by atoms with Gasteiger partial charge in [0.25, 0.3) is 0 Å². The van der Waals surface area contributed by atoms with Crippen molar-refractivity contribution in [3.05, 3.63) is 0 Å². The molecular formula is C10H18N4OS2. The van der Waals surface area contributed by atoms with Gasteiger partial charge in [0.15, 0.2) is 4.34 Å². The van der Waals surface area contributed by atoms with Crippen LogP contribution >= 0.6 is 23.1 Å². The predicted molar refractivity (Wildman–Crippen MR) is 72.7 cm³/mol. The number of carbonyl (C=O) groups is 1. The lowest BCUT2D eigenvalue weighted by atomic mass is 10.3. The Labute approximate surface area is 110 Å². The van der Waals surface area contributed by atoms with Crippen molar-refractivity contribution >= 4 is 34.1 Å². The third-order valence-electron chi connectivity index (χ3n) is 1.81. The summed E-state index contributed by atoms with van der Waals surface area (Å²) < 4.78 is 0.812. The molecule has 1 aromatic rings. The molecule has 0 saturated heterocycles. The number of anilines is 1. The Morgan fingerprint density at radius 3 is 2.71 bits per heavy atom. The van der Waals surface area contributed by atoms with Crippen LogP contribution in [-0.2, 0) is 4.79 Å². The van der Waals surface area contributed by atoms with E-state index >= 15 is 0 Å². The average Bonchev–Trinajstić information content (AvgIpc) is 2.65. The molecule has 0 fully saturated rings. The third kappa shape index (κ3) is 4.91. The van der Waals surface area contributed by atoms with Gasteiger partial charge >= 0.3 is 0 Å². The summed E-state index contributed by atoms with van der Waals surface area (Å²) in [5.74, 6) is 0.0326. The number of nitrogens with zero attached hydrogens (tertiary/aromatic N) is 2. The molecule has 0 spiro atoms. The number of rotatable bonds is 6. The SMILES string of the molecule is CCNc1nnc(S[C@H](C)C(=O)NC(C)C)s1. The fraction of sp³-hybridized carbons (Fsp3) is 0.700. The zero-order valence-corrected chi connectivity index (χ0v) is 12.1. The summed E-state index contributed by atoms with van der Waals surface area (Å²) in [7, 11) is 0. The van der Waals surface area contributed by atoms with Crippen LogP contribution < -0.4 is 10.6 Å². The van der Waals surface area contributed by atoms with Crippen LogP contribution in [0.4, 0.5) is 5.13 Å². The first-order valence-electron chi connectivity index (χ1n) is 5.57. The Hall–Kier alpha value is -0.820. The van der Waals surface area contributed by atoms with E-state index in [1.807, 2.05) is 27.7 Å². The van der Waals surface area contributed by atoms with E-state index in [4.69, 9.17) is 0 Å². The van der Waals surface area contributed by atoms with E-state index in [9.17, 15) is 4.79 Å². The molecule has 0 aliphatic heterocycles. The van der Waals surface area contributed by atoms with Crippen molar-refractivity contribution in [3.63, 3.8) is 0 Å². The second-order valence-corrected chi connectivity index (χ2v) is 6.39. The van der Waals surface area contributed by atoms with Gasteiger partial charge in [0.1, 0.15) is 0 Å². The standard InChI is InChI=1S/C10H18N4OS2/c1-5-11-9-13-14-10(17-9)16-7(4)8(15)12-6(2)3/h6-7H,5H2,1-4H3,(H,11,13)(H,12,15)/t7-/m1/s1. The Morgan fingerprint density at radius 1 is 1.41 bits per heavy atom. The Morgan fingerprint density at radius 2 is 2.12 bits per heavy atom. The third-order valence-corrected chi connectivity index (χ3v) is 3.88. The monoisotopic (exact) mass is 274 g/mol. The summed E-state index contributed by atoms with van der Waals surface area (Å²) in [6.07, 6.45) is 0. The zero-order chi connectivity index (χ0) is 12.8. The van der Waals surface area contributed by atoms with Crippen LogP contribution in [0.1, 0.15) is 27.7 Å². The maximum absolute atomic E-state index is 11.7. The highest BCUT2D eigenvalue weighted by molar-refractivity contribution is 8.02. The largest absolute Gasteiger partial charge is 0.360 e. The van der Waals surface area contributed by atoms with Gasteiger partial charge in [-0.3, -0.25) is 4.79 Å². The molecule has 1 heterocycles. The Bertz CT molecular complexity index is 367. The van der Waals surface area contributed by atoms with E-state index in [2.05, 4.69) is 20.8 Å². The van der Waals surface area contributed by atoms with Gasteiger partial charge in [-0.1, -0.05) is 23.1 Å². The lowest BCUT2D eigenvalue weighted by molar-refractivity contribution is -0.120. The molecule has 0 aliphatic carbocycles. The maximum Gasteiger partial charge on any atom is 0.233 e. The lowest BCUT2D eigenvalue weighted by Crippen LogP contribution is -2.35. The lowest BCUT2D eigenvalue weighted by Gasteiger charge is -2.12. The fourth-order valence-corrected chi connectivity index (χ4v) is 3.06. The van der Waals surface area contributed by atoms with Crippen molar-refractivity contribution in [2.24, 2.45) is 0 Å². The molecule has 0 aromatic carbocycles. The van der Waals surface area contributed by atoms with E-state index < -0.39 is 0 Å². The summed E-state index contributed by atoms with van der Waals surface area (Å²) >= 11 is 2.90. The first-order valence-corrected chi connectivity index (χ1v) is 7.27. The number of hydrogen-bond acceptors (Lipinski definition) is 6. The summed E-state index contributed by atoms with van der Waals surface area (Å²) in [6.45, 7) is 8.60. The van der Waals surface area contributed by atoms with Crippen LogP contribution in [0.5, 0.6) is 0 Å². The second kappa shape index (κ2) is 6.80. The van der Waals surface area contributed by atoms with Gasteiger partial charge in [-0.15, -0.1) is 10.2 Å². The van der Waals surface area contributed by atoms with Crippen molar-refractivity contribution in [3.8, 4) is 0 Å². The van der Waals surface area contributed by atoms with E-state index in [-0.39, 0.29) is 17.2 Å². The molecule has 5 nitrogen and oxygen atoms in total. The van der Waals surface area contributed by atoms with Gasteiger partial charge in [-0.25, -0.2) is 0 Å². The minimum Gasteiger partial charge on any atom is -0.360 e. The molecular weight excluding hydrogens is 256 g/mol. The average molecular weight is 274 g/mol. The first-order chi connectivity index (χ1) is 8.02. The highest BCUT2D eigenvalue weighted by Crippen LogP contribution is 2.28. The molecule has 0 radical (unpaired) electrons. The van der Waals surface area contributed by atoms with Crippen molar-refractivity contribution in [1.82, 2.24) is 15.5 Å². The van der Waals surface area contributed by atoms with Gasteiger partial charge in [-0.2, -0.15) is 0 Å². The number of nitrogens with one attached hydrogen (secondary N) is 2. The topological polar surface area (TPSA) is 66.9 Å². The van der Waals surface area contributed by atoms with Crippen LogP contribution in [0.15, 0.2) is 4.34 Å². The Kier molecular flexibility index (Phi) is 5.70. The molecule has 0 aliphatic rings. The predicted octanol–water partition coefficient (Wildman–Crippen LogP) is 1.98. The van der Waals surface area contributed by atoms with E-state index in [0.717, 1.165) is 16.0 Å². The normalized spacial score (nSPS) is 12.5. The van der Waals surface area contributed by atoms with Crippen molar-refractivity contribution in [2.75, 3.05) is 11.9 Å². The highest BCUT2D eigenvalue weighted by Gasteiger charge is 2.17. The molecule has 2 N–H and O–H groups in total. The zero-order valence-electron chi connectivity index (χ0n) is 10.5. The van der Waals surface area contributed by atoms with Crippen molar-refractivity contribution < 1.29 is 4.79 Å². The summed E-state index contributed by atoms with van der Waals surface area (Å²) in [5.41, 5.74) is 0. The molecule has 96 valence electrons. The van der Waals surface area contributed by atoms with Crippen LogP contribution in [0, 0.1) is 0 Å². The molecule has 0 unspecified atom stereocenters. The Balaban J connectivity index is 2.49. The number of amides is 1. The number of thioether (sulfide) groups is 1. The number of carbonyl (C=O) groups excluding carboxylic acids is 1. The van der Waals surface area contributed by atoms with E-state index in [1.54, 1.807) is 0 Å². The van der Waals surface area contributed by atoms with Crippen molar-refractivity contribution in [1.29, 1.82) is 0 Å². The molecule has 1 amide bonds. The van der Waals surface area contributed by atoms with E-state index in [1.165, 1.54) is 23.1 Å². The highest BCUT2D eigenvalue weighted by atomic mass is 32.2. The van der Waals surface area contributed by atoms with Gasteiger partial charge < -0.3 is 10.6 Å². The maximum atomic E-state index is 11.7. The molecule has 1 aromatic heterocycles. The molecule has 1 rings (SSSR count). The van der Waals surface area contributed by atoms with Crippen molar-refractivity contribution in [2.45, 2.75) is 43.3 Å². The molecule has 1 atom stereocenters.